The lowest BCUT2D eigenvalue weighted by Crippen LogP contribution is -2.36. The maximum absolute atomic E-state index is 12.4. The van der Waals surface area contributed by atoms with Crippen LogP contribution in [0.3, 0.4) is 0 Å². The van der Waals surface area contributed by atoms with Crippen LogP contribution in [0.15, 0.2) is 35.0 Å². The van der Waals surface area contributed by atoms with Crippen molar-refractivity contribution in [3.8, 4) is 0 Å². The monoisotopic (exact) mass is 377 g/mol. The second kappa shape index (κ2) is 7.17. The zero-order valence-electron chi connectivity index (χ0n) is 14.1. The molecule has 8 nitrogen and oxygen atoms in total. The van der Waals surface area contributed by atoms with E-state index in [0.29, 0.717) is 10.6 Å². The summed E-state index contributed by atoms with van der Waals surface area (Å²) in [5.41, 5.74) is 1.14. The number of rotatable bonds is 5. The summed E-state index contributed by atoms with van der Waals surface area (Å²) >= 11 is 5.95. The van der Waals surface area contributed by atoms with Gasteiger partial charge in [-0.1, -0.05) is 28.9 Å². The lowest BCUT2D eigenvalue weighted by molar-refractivity contribution is -0.386. The van der Waals surface area contributed by atoms with Crippen molar-refractivity contribution in [3.63, 3.8) is 0 Å². The number of ether oxygens (including phenoxy) is 1. The SMILES string of the molecule is CCOC(=O)[C@H]1NC=C(c2onc(C)c2[N+](=O)[O-])[C@@H]1c1ccc(Cl)cc1. The summed E-state index contributed by atoms with van der Waals surface area (Å²) in [4.78, 5) is 23.2. The molecule has 0 amide bonds. The van der Waals surface area contributed by atoms with Crippen LogP contribution in [0.4, 0.5) is 5.69 Å². The van der Waals surface area contributed by atoms with Crippen molar-refractivity contribution in [1.29, 1.82) is 0 Å². The van der Waals surface area contributed by atoms with E-state index in [-0.39, 0.29) is 23.7 Å². The molecule has 0 radical (unpaired) electrons. The molecule has 1 aromatic carbocycles. The third kappa shape index (κ3) is 3.15. The molecule has 0 fully saturated rings. The number of hydrogen-bond acceptors (Lipinski definition) is 7. The van der Waals surface area contributed by atoms with Crippen molar-refractivity contribution in [3.05, 3.63) is 62.6 Å². The summed E-state index contributed by atoms with van der Waals surface area (Å²) in [5, 5.41) is 18.6. The number of halogens is 1. The van der Waals surface area contributed by atoms with Gasteiger partial charge in [0.05, 0.1) is 11.5 Å². The fraction of sp³-hybridized carbons (Fsp3) is 0.294. The van der Waals surface area contributed by atoms with E-state index in [1.54, 1.807) is 31.2 Å². The molecular formula is C17H16ClN3O5. The number of aryl methyl sites for hydroxylation is 1. The van der Waals surface area contributed by atoms with Gasteiger partial charge in [0.25, 0.3) is 0 Å². The second-order valence-corrected chi connectivity index (χ2v) is 6.16. The van der Waals surface area contributed by atoms with E-state index in [4.69, 9.17) is 20.9 Å². The Morgan fingerprint density at radius 1 is 1.42 bits per heavy atom. The Hall–Kier alpha value is -2.87. The quantitative estimate of drug-likeness (QED) is 0.484. The van der Waals surface area contributed by atoms with Crippen LogP contribution >= 0.6 is 11.6 Å². The first-order chi connectivity index (χ1) is 12.4. The van der Waals surface area contributed by atoms with Crippen LogP contribution in [0.1, 0.15) is 29.9 Å². The van der Waals surface area contributed by atoms with Gasteiger partial charge in [0.2, 0.25) is 5.76 Å². The molecule has 1 N–H and O–H groups in total. The molecule has 1 aliphatic rings. The predicted octanol–water partition coefficient (Wildman–Crippen LogP) is 3.20. The number of benzene rings is 1. The van der Waals surface area contributed by atoms with Gasteiger partial charge in [-0.25, -0.2) is 4.79 Å². The second-order valence-electron chi connectivity index (χ2n) is 5.73. The fourth-order valence-electron chi connectivity index (χ4n) is 3.00. The molecule has 2 aromatic rings. The van der Waals surface area contributed by atoms with Crippen molar-refractivity contribution in [2.45, 2.75) is 25.8 Å². The van der Waals surface area contributed by atoms with Gasteiger partial charge in [-0.2, -0.15) is 0 Å². The minimum Gasteiger partial charge on any atom is -0.464 e. The molecule has 9 heteroatoms. The van der Waals surface area contributed by atoms with Crippen LogP contribution in [-0.2, 0) is 9.53 Å². The minimum atomic E-state index is -0.740. The zero-order valence-corrected chi connectivity index (χ0v) is 14.8. The molecule has 1 aliphatic heterocycles. The van der Waals surface area contributed by atoms with Gasteiger partial charge in [-0.05, 0) is 31.5 Å². The first-order valence-electron chi connectivity index (χ1n) is 7.93. The van der Waals surface area contributed by atoms with Crippen molar-refractivity contribution in [2.24, 2.45) is 0 Å². The van der Waals surface area contributed by atoms with E-state index < -0.39 is 22.9 Å². The summed E-state index contributed by atoms with van der Waals surface area (Å²) < 4.78 is 10.4. The highest BCUT2D eigenvalue weighted by Gasteiger charge is 2.42. The molecule has 0 unspecified atom stereocenters. The van der Waals surface area contributed by atoms with Crippen LogP contribution in [0.2, 0.25) is 5.02 Å². The van der Waals surface area contributed by atoms with Gasteiger partial charge in [0.1, 0.15) is 6.04 Å². The Bertz CT molecular complexity index is 875. The van der Waals surface area contributed by atoms with Crippen molar-refractivity contribution >= 4 is 28.8 Å². The average Bonchev–Trinajstić information content (AvgIpc) is 3.19. The highest BCUT2D eigenvalue weighted by atomic mass is 35.5. The van der Waals surface area contributed by atoms with E-state index in [1.807, 2.05) is 0 Å². The van der Waals surface area contributed by atoms with Gasteiger partial charge in [0.15, 0.2) is 5.69 Å². The number of aromatic nitrogens is 1. The number of hydrogen-bond donors (Lipinski definition) is 1. The average molecular weight is 378 g/mol. The molecule has 1 aromatic heterocycles. The van der Waals surface area contributed by atoms with E-state index in [2.05, 4.69) is 10.5 Å². The van der Waals surface area contributed by atoms with Gasteiger partial charge < -0.3 is 14.6 Å². The summed E-state index contributed by atoms with van der Waals surface area (Å²) in [5.74, 6) is -0.985. The third-order valence-electron chi connectivity index (χ3n) is 4.13. The van der Waals surface area contributed by atoms with Crippen LogP contribution < -0.4 is 5.32 Å². The molecule has 26 heavy (non-hydrogen) atoms. The van der Waals surface area contributed by atoms with Gasteiger partial charge in [0, 0.05) is 22.7 Å². The lowest BCUT2D eigenvalue weighted by atomic mass is 9.86. The zero-order chi connectivity index (χ0) is 18.8. The van der Waals surface area contributed by atoms with E-state index in [0.717, 1.165) is 5.56 Å². The summed E-state index contributed by atoms with van der Waals surface area (Å²) in [7, 11) is 0. The Morgan fingerprint density at radius 2 is 2.12 bits per heavy atom. The molecule has 0 saturated heterocycles. The number of nitro groups is 1. The molecule has 0 aliphatic carbocycles. The maximum atomic E-state index is 12.4. The molecule has 136 valence electrons. The summed E-state index contributed by atoms with van der Waals surface area (Å²) in [6, 6.07) is 6.16. The number of nitrogens with one attached hydrogen (secondary N) is 1. The van der Waals surface area contributed by atoms with Crippen molar-refractivity contribution in [1.82, 2.24) is 10.5 Å². The highest BCUT2D eigenvalue weighted by molar-refractivity contribution is 6.30. The first-order valence-corrected chi connectivity index (χ1v) is 8.31. The number of carbonyl (C=O) groups is 1. The molecule has 0 spiro atoms. The summed E-state index contributed by atoms with van der Waals surface area (Å²) in [6.07, 6.45) is 1.54. The number of esters is 1. The standard InChI is InChI=1S/C17H16ClN3O5/c1-3-25-17(22)14-13(10-4-6-11(18)7-5-10)12(8-19-14)16-15(21(23)24)9(2)20-26-16/h4-8,13-14,19H,3H2,1-2H3/t13-,14-/m0/s1. The summed E-state index contributed by atoms with van der Waals surface area (Å²) in [6.45, 7) is 3.43. The van der Waals surface area contributed by atoms with Gasteiger partial charge in [-0.15, -0.1) is 0 Å². The Kier molecular flexibility index (Phi) is 4.94. The largest absolute Gasteiger partial charge is 0.464 e. The van der Waals surface area contributed by atoms with Gasteiger partial charge >= 0.3 is 11.7 Å². The molecule has 0 bridgehead atoms. The highest BCUT2D eigenvalue weighted by Crippen LogP contribution is 2.43. The minimum absolute atomic E-state index is 0.0201. The smallest absolute Gasteiger partial charge is 0.339 e. The lowest BCUT2D eigenvalue weighted by Gasteiger charge is -2.21. The maximum Gasteiger partial charge on any atom is 0.339 e. The fourth-order valence-corrected chi connectivity index (χ4v) is 3.13. The normalized spacial score (nSPS) is 19.0. The third-order valence-corrected chi connectivity index (χ3v) is 4.38. The topological polar surface area (TPSA) is 108 Å². The first kappa shape index (κ1) is 17.9. The molecule has 0 saturated carbocycles. The van der Waals surface area contributed by atoms with E-state index in [1.165, 1.54) is 13.1 Å². The molecule has 3 rings (SSSR count). The van der Waals surface area contributed by atoms with E-state index >= 15 is 0 Å². The van der Waals surface area contributed by atoms with Crippen molar-refractivity contribution < 1.29 is 19.0 Å². The van der Waals surface area contributed by atoms with Crippen LogP contribution in [0.5, 0.6) is 0 Å². The number of carbonyl (C=O) groups excluding carboxylic acids is 1. The van der Waals surface area contributed by atoms with Crippen LogP contribution in [-0.4, -0.2) is 28.7 Å². The molecule has 2 atom stereocenters. The Morgan fingerprint density at radius 3 is 2.73 bits per heavy atom. The number of nitrogens with zero attached hydrogens (tertiary/aromatic N) is 2. The Labute approximate surface area is 153 Å². The Balaban J connectivity index is 2.08. The molecular weight excluding hydrogens is 362 g/mol. The van der Waals surface area contributed by atoms with Crippen molar-refractivity contribution in [2.75, 3.05) is 6.61 Å². The predicted molar refractivity (Wildman–Crippen MR) is 93.6 cm³/mol. The van der Waals surface area contributed by atoms with Crippen LogP contribution in [0.25, 0.3) is 5.57 Å². The van der Waals surface area contributed by atoms with E-state index in [9.17, 15) is 14.9 Å². The molecule has 2 heterocycles. The van der Waals surface area contributed by atoms with Gasteiger partial charge in [-0.3, -0.25) is 10.1 Å². The van der Waals surface area contributed by atoms with Crippen LogP contribution in [0, 0.1) is 17.0 Å².